The fourth-order valence-electron chi connectivity index (χ4n) is 1.83. The molecule has 0 radical (unpaired) electrons. The summed E-state index contributed by atoms with van der Waals surface area (Å²) in [5.41, 5.74) is 1.18. The molecular weight excluding hydrogens is 308 g/mol. The van der Waals surface area contributed by atoms with Gasteiger partial charge in [0, 0.05) is 10.2 Å². The number of aliphatic hydroxyl groups is 1. The van der Waals surface area contributed by atoms with E-state index in [4.69, 9.17) is 0 Å². The van der Waals surface area contributed by atoms with Crippen LogP contribution in [0.1, 0.15) is 32.3 Å². The third kappa shape index (κ3) is 3.94. The molecule has 1 aromatic carbocycles. The Morgan fingerprint density at radius 2 is 2.00 bits per heavy atom. The zero-order chi connectivity index (χ0) is 14.5. The third-order valence-corrected chi connectivity index (χ3v) is 4.41. The lowest BCUT2D eigenvalue weighted by Crippen LogP contribution is -2.52. The van der Waals surface area contributed by atoms with E-state index in [1.165, 1.54) is 0 Å². The number of hydrogen-bond donors (Lipinski definition) is 3. The maximum Gasteiger partial charge on any atom is 0.319 e. The van der Waals surface area contributed by atoms with Crippen LogP contribution in [0.3, 0.4) is 0 Å². The van der Waals surface area contributed by atoms with Crippen LogP contribution in [0.5, 0.6) is 0 Å². The van der Waals surface area contributed by atoms with Gasteiger partial charge in [0.25, 0.3) is 0 Å². The van der Waals surface area contributed by atoms with Crippen LogP contribution in [0, 0.1) is 6.92 Å². The first-order valence-electron chi connectivity index (χ1n) is 6.43. The number of hydrogen-bond acceptors (Lipinski definition) is 2. The van der Waals surface area contributed by atoms with E-state index in [9.17, 15) is 9.90 Å². The molecule has 0 saturated heterocycles. The van der Waals surface area contributed by atoms with Crippen molar-refractivity contribution in [2.45, 2.75) is 39.2 Å². The van der Waals surface area contributed by atoms with Crippen molar-refractivity contribution in [1.29, 1.82) is 0 Å². The highest BCUT2D eigenvalue weighted by Gasteiger charge is 2.27. The van der Waals surface area contributed by atoms with Crippen LogP contribution >= 0.6 is 15.9 Å². The zero-order valence-electron chi connectivity index (χ0n) is 11.6. The average molecular weight is 329 g/mol. The van der Waals surface area contributed by atoms with E-state index in [0.29, 0.717) is 12.8 Å². The maximum atomic E-state index is 12.0. The number of carbonyl (C=O) groups excluding carboxylic acids is 1. The van der Waals surface area contributed by atoms with Crippen LogP contribution in [0.4, 0.5) is 10.5 Å². The number of aliphatic hydroxyl groups excluding tert-OH is 1. The van der Waals surface area contributed by atoms with Crippen molar-refractivity contribution >= 4 is 27.6 Å². The van der Waals surface area contributed by atoms with Gasteiger partial charge >= 0.3 is 6.03 Å². The molecule has 3 N–H and O–H groups in total. The van der Waals surface area contributed by atoms with Crippen molar-refractivity contribution in [1.82, 2.24) is 5.32 Å². The van der Waals surface area contributed by atoms with Crippen molar-refractivity contribution in [2.75, 3.05) is 11.9 Å². The monoisotopic (exact) mass is 328 g/mol. The Kier molecular flexibility index (Phi) is 5.82. The van der Waals surface area contributed by atoms with Gasteiger partial charge in [-0.05, 0) is 37.5 Å². The lowest BCUT2D eigenvalue weighted by molar-refractivity contribution is 0.155. The molecule has 0 heterocycles. The number of urea groups is 1. The summed E-state index contributed by atoms with van der Waals surface area (Å²) in [6.07, 6.45) is 1.37. The Bertz CT molecular complexity index is 437. The summed E-state index contributed by atoms with van der Waals surface area (Å²) in [5, 5.41) is 15.1. The van der Waals surface area contributed by atoms with Crippen molar-refractivity contribution in [3.8, 4) is 0 Å². The highest BCUT2D eigenvalue weighted by Crippen LogP contribution is 2.23. The highest BCUT2D eigenvalue weighted by molar-refractivity contribution is 9.10. The molecule has 2 amide bonds. The van der Waals surface area contributed by atoms with Crippen molar-refractivity contribution in [3.63, 3.8) is 0 Å². The Labute approximate surface area is 122 Å². The summed E-state index contributed by atoms with van der Waals surface area (Å²) in [4.78, 5) is 12.0. The van der Waals surface area contributed by atoms with Gasteiger partial charge in [-0.25, -0.2) is 4.79 Å². The second-order valence-electron chi connectivity index (χ2n) is 4.64. The normalized spacial score (nSPS) is 11.2. The second kappa shape index (κ2) is 6.91. The predicted octanol–water partition coefficient (Wildman–Crippen LogP) is 3.43. The largest absolute Gasteiger partial charge is 0.394 e. The van der Waals surface area contributed by atoms with Gasteiger partial charge in [0.15, 0.2) is 0 Å². The van der Waals surface area contributed by atoms with E-state index in [1.807, 2.05) is 39.0 Å². The van der Waals surface area contributed by atoms with E-state index in [1.54, 1.807) is 0 Å². The number of benzene rings is 1. The summed E-state index contributed by atoms with van der Waals surface area (Å²) < 4.78 is 0.949. The van der Waals surface area contributed by atoms with Gasteiger partial charge in [0.1, 0.15) is 0 Å². The summed E-state index contributed by atoms with van der Waals surface area (Å²) in [5.74, 6) is 0. The molecule has 0 saturated carbocycles. The van der Waals surface area contributed by atoms with Crippen LogP contribution in [-0.2, 0) is 0 Å². The topological polar surface area (TPSA) is 61.4 Å². The number of amides is 2. The molecule has 1 rings (SSSR count). The van der Waals surface area contributed by atoms with E-state index >= 15 is 0 Å². The smallest absolute Gasteiger partial charge is 0.319 e. The van der Waals surface area contributed by atoms with Gasteiger partial charge in [-0.1, -0.05) is 35.8 Å². The first-order chi connectivity index (χ1) is 8.98. The second-order valence-corrected chi connectivity index (χ2v) is 5.49. The van der Waals surface area contributed by atoms with E-state index < -0.39 is 5.54 Å². The minimum Gasteiger partial charge on any atom is -0.394 e. The molecule has 0 aliphatic rings. The molecule has 0 aliphatic carbocycles. The van der Waals surface area contributed by atoms with Crippen molar-refractivity contribution in [3.05, 3.63) is 28.2 Å². The molecule has 4 nitrogen and oxygen atoms in total. The summed E-state index contributed by atoms with van der Waals surface area (Å²) >= 11 is 3.43. The lowest BCUT2D eigenvalue weighted by Gasteiger charge is -2.30. The minimum absolute atomic E-state index is 0.0646. The van der Waals surface area contributed by atoms with Crippen LogP contribution < -0.4 is 10.6 Å². The number of nitrogens with one attached hydrogen (secondary N) is 2. The predicted molar refractivity (Wildman–Crippen MR) is 81.4 cm³/mol. The Hall–Kier alpha value is -1.07. The van der Waals surface area contributed by atoms with Gasteiger partial charge in [-0.2, -0.15) is 0 Å². The van der Waals surface area contributed by atoms with E-state index in [0.717, 1.165) is 15.7 Å². The van der Waals surface area contributed by atoms with Crippen molar-refractivity contribution in [2.24, 2.45) is 0 Å². The van der Waals surface area contributed by atoms with Crippen molar-refractivity contribution < 1.29 is 9.90 Å². The number of rotatable bonds is 5. The SMILES string of the molecule is CCC(CC)(CO)NC(=O)Nc1cccc(Br)c1C. The number of anilines is 1. The molecule has 0 aromatic heterocycles. The van der Waals surface area contributed by atoms with Gasteiger partial charge < -0.3 is 15.7 Å². The van der Waals surface area contributed by atoms with E-state index in [-0.39, 0.29) is 12.6 Å². The molecular formula is C14H21BrN2O2. The number of halogens is 1. The highest BCUT2D eigenvalue weighted by atomic mass is 79.9. The molecule has 0 unspecified atom stereocenters. The third-order valence-electron chi connectivity index (χ3n) is 3.55. The summed E-state index contributed by atoms with van der Waals surface area (Å²) in [6.45, 7) is 5.76. The standard InChI is InChI=1S/C14H21BrN2O2/c1-4-14(5-2,9-18)17-13(19)16-12-8-6-7-11(15)10(12)3/h6-8,18H,4-5,9H2,1-3H3,(H2,16,17,19). The van der Waals surface area contributed by atoms with Gasteiger partial charge in [-0.15, -0.1) is 0 Å². The Morgan fingerprint density at radius 3 is 2.53 bits per heavy atom. The van der Waals surface area contributed by atoms with Crippen LogP contribution in [0.2, 0.25) is 0 Å². The quantitative estimate of drug-likeness (QED) is 0.775. The Morgan fingerprint density at radius 1 is 1.37 bits per heavy atom. The molecule has 0 aliphatic heterocycles. The molecule has 0 bridgehead atoms. The summed E-state index contributed by atoms with van der Waals surface area (Å²) in [7, 11) is 0. The molecule has 0 spiro atoms. The lowest BCUT2D eigenvalue weighted by atomic mass is 9.94. The molecule has 106 valence electrons. The minimum atomic E-state index is -0.552. The van der Waals surface area contributed by atoms with Crippen LogP contribution in [0.15, 0.2) is 22.7 Å². The zero-order valence-corrected chi connectivity index (χ0v) is 13.2. The van der Waals surface area contributed by atoms with Gasteiger partial charge in [0.05, 0.1) is 12.1 Å². The van der Waals surface area contributed by atoms with Crippen LogP contribution in [0.25, 0.3) is 0 Å². The molecule has 1 aromatic rings. The average Bonchev–Trinajstić information content (AvgIpc) is 2.41. The first-order valence-corrected chi connectivity index (χ1v) is 7.22. The molecule has 5 heteroatoms. The Balaban J connectivity index is 2.78. The molecule has 0 atom stereocenters. The van der Waals surface area contributed by atoms with Gasteiger partial charge in [0.2, 0.25) is 0 Å². The fourth-order valence-corrected chi connectivity index (χ4v) is 2.19. The fraction of sp³-hybridized carbons (Fsp3) is 0.500. The maximum absolute atomic E-state index is 12.0. The van der Waals surface area contributed by atoms with Gasteiger partial charge in [-0.3, -0.25) is 0 Å². The molecule has 0 fully saturated rings. The van der Waals surface area contributed by atoms with Crippen LogP contribution in [-0.4, -0.2) is 23.3 Å². The van der Waals surface area contributed by atoms with E-state index in [2.05, 4.69) is 26.6 Å². The first kappa shape index (κ1) is 16.0. The molecule has 19 heavy (non-hydrogen) atoms. The summed E-state index contributed by atoms with van der Waals surface area (Å²) in [6, 6.07) is 5.34. The number of carbonyl (C=O) groups is 1.